The molecule has 0 fully saturated rings. The fourth-order valence-electron chi connectivity index (χ4n) is 4.23. The largest absolute Gasteiger partial charge is 0.206 e. The van der Waals surface area contributed by atoms with Gasteiger partial charge in [-0.15, -0.1) is 0 Å². The molecule has 0 aromatic heterocycles. The average Bonchev–Trinajstić information content (AvgIpc) is 2.80. The predicted octanol–water partition coefficient (Wildman–Crippen LogP) is 9.76. The second kappa shape index (κ2) is 10.4. The first-order valence-electron chi connectivity index (χ1n) is 11.4. The van der Waals surface area contributed by atoms with Gasteiger partial charge in [0.2, 0.25) is 0 Å². The number of halogens is 4. The Morgan fingerprint density at radius 2 is 1.24 bits per heavy atom. The third kappa shape index (κ3) is 5.42. The molecule has 0 aliphatic rings. The maximum Gasteiger partial charge on any atom is 0.142 e. The van der Waals surface area contributed by atoms with Crippen molar-refractivity contribution in [1.29, 1.82) is 0 Å². The standard InChI is InChI=1S/C29H26ClF3/c1-2-3-4-5-6-7-19-8-9-21-15-22(11-10-20(21)14-19)24-17-27(32)29(28(33)18-24)23-12-13-25(30)26(31)16-23/h8-18H,2-7H2,1H3. The number of rotatable bonds is 8. The SMILES string of the molecule is CCCCCCCc1ccc2cc(-c3cc(F)c(-c4ccc(Cl)c(F)c4)c(F)c3)ccc2c1. The minimum Gasteiger partial charge on any atom is -0.206 e. The fraction of sp³-hybridized carbons (Fsp3) is 0.241. The Morgan fingerprint density at radius 1 is 0.606 bits per heavy atom. The molecule has 0 radical (unpaired) electrons. The number of fused-ring (bicyclic) bond motifs is 1. The smallest absolute Gasteiger partial charge is 0.142 e. The highest BCUT2D eigenvalue weighted by molar-refractivity contribution is 6.30. The molecule has 0 bridgehead atoms. The lowest BCUT2D eigenvalue weighted by atomic mass is 9.96. The molecule has 4 aromatic rings. The summed E-state index contributed by atoms with van der Waals surface area (Å²) in [5, 5.41) is 2.04. The van der Waals surface area contributed by atoms with Crippen LogP contribution in [0.3, 0.4) is 0 Å². The van der Waals surface area contributed by atoms with Gasteiger partial charge in [0.1, 0.15) is 17.5 Å². The van der Waals surface area contributed by atoms with E-state index in [0.29, 0.717) is 5.56 Å². The Bertz CT molecular complexity index is 1260. The van der Waals surface area contributed by atoms with Crippen LogP contribution in [-0.2, 0) is 6.42 Å². The first kappa shape index (κ1) is 23.4. The summed E-state index contributed by atoms with van der Waals surface area (Å²) in [6, 6.07) is 18.5. The molecule has 4 rings (SSSR count). The lowest BCUT2D eigenvalue weighted by molar-refractivity contribution is 0.589. The van der Waals surface area contributed by atoms with Crippen molar-refractivity contribution in [3.63, 3.8) is 0 Å². The summed E-state index contributed by atoms with van der Waals surface area (Å²) in [5.41, 5.74) is 2.31. The number of benzene rings is 4. The number of hydrogen-bond acceptors (Lipinski definition) is 0. The maximum atomic E-state index is 14.9. The van der Waals surface area contributed by atoms with Crippen LogP contribution in [-0.4, -0.2) is 0 Å². The van der Waals surface area contributed by atoms with Gasteiger partial charge < -0.3 is 0 Å². The van der Waals surface area contributed by atoms with E-state index >= 15 is 0 Å². The summed E-state index contributed by atoms with van der Waals surface area (Å²) in [6.45, 7) is 2.22. The molecule has 170 valence electrons. The number of hydrogen-bond donors (Lipinski definition) is 0. The molecule has 0 spiro atoms. The van der Waals surface area contributed by atoms with Crippen molar-refractivity contribution < 1.29 is 13.2 Å². The lowest BCUT2D eigenvalue weighted by Gasteiger charge is -2.11. The van der Waals surface area contributed by atoms with Crippen LogP contribution in [0.25, 0.3) is 33.0 Å². The zero-order valence-corrected chi connectivity index (χ0v) is 19.4. The van der Waals surface area contributed by atoms with E-state index in [1.165, 1.54) is 61.9 Å². The van der Waals surface area contributed by atoms with Gasteiger partial charge in [0.15, 0.2) is 0 Å². The van der Waals surface area contributed by atoms with Gasteiger partial charge in [-0.25, -0.2) is 13.2 Å². The molecular weight excluding hydrogens is 441 g/mol. The lowest BCUT2D eigenvalue weighted by Crippen LogP contribution is -1.93. The Labute approximate surface area is 198 Å². The summed E-state index contributed by atoms with van der Waals surface area (Å²) in [4.78, 5) is 0. The van der Waals surface area contributed by atoms with Crippen molar-refractivity contribution in [3.8, 4) is 22.3 Å². The van der Waals surface area contributed by atoms with E-state index in [0.717, 1.165) is 28.8 Å². The maximum absolute atomic E-state index is 14.9. The molecule has 0 aliphatic heterocycles. The van der Waals surface area contributed by atoms with Crippen molar-refractivity contribution in [3.05, 3.63) is 94.8 Å². The van der Waals surface area contributed by atoms with Gasteiger partial charge in [0, 0.05) is 0 Å². The van der Waals surface area contributed by atoms with Crippen molar-refractivity contribution in [2.75, 3.05) is 0 Å². The molecular formula is C29H26ClF3. The topological polar surface area (TPSA) is 0 Å². The molecule has 4 heteroatoms. The van der Waals surface area contributed by atoms with Crippen LogP contribution in [0.2, 0.25) is 5.02 Å². The van der Waals surface area contributed by atoms with E-state index < -0.39 is 17.5 Å². The molecule has 0 N–H and O–H groups in total. The highest BCUT2D eigenvalue weighted by atomic mass is 35.5. The van der Waals surface area contributed by atoms with E-state index in [2.05, 4.69) is 25.1 Å². The van der Waals surface area contributed by atoms with Gasteiger partial charge >= 0.3 is 0 Å². The Morgan fingerprint density at radius 3 is 1.97 bits per heavy atom. The van der Waals surface area contributed by atoms with E-state index in [1.807, 2.05) is 18.2 Å². The van der Waals surface area contributed by atoms with Crippen LogP contribution in [0, 0.1) is 17.5 Å². The third-order valence-corrected chi connectivity index (χ3v) is 6.36. The van der Waals surface area contributed by atoms with Crippen LogP contribution in [0.1, 0.15) is 44.6 Å². The number of aryl methyl sites for hydroxylation is 1. The van der Waals surface area contributed by atoms with Crippen molar-refractivity contribution in [1.82, 2.24) is 0 Å². The van der Waals surface area contributed by atoms with E-state index in [9.17, 15) is 13.2 Å². The molecule has 0 atom stereocenters. The molecule has 0 heterocycles. The van der Waals surface area contributed by atoms with Gasteiger partial charge in [-0.3, -0.25) is 0 Å². The zero-order valence-electron chi connectivity index (χ0n) is 18.6. The van der Waals surface area contributed by atoms with Gasteiger partial charge in [-0.2, -0.15) is 0 Å². The predicted molar refractivity (Wildman–Crippen MR) is 132 cm³/mol. The highest BCUT2D eigenvalue weighted by Gasteiger charge is 2.16. The van der Waals surface area contributed by atoms with Gasteiger partial charge in [-0.05, 0) is 76.2 Å². The van der Waals surface area contributed by atoms with Crippen molar-refractivity contribution in [2.45, 2.75) is 45.4 Å². The van der Waals surface area contributed by atoms with Crippen LogP contribution in [0.4, 0.5) is 13.2 Å². The molecule has 33 heavy (non-hydrogen) atoms. The van der Waals surface area contributed by atoms with E-state index in [-0.39, 0.29) is 16.1 Å². The fourth-order valence-corrected chi connectivity index (χ4v) is 4.35. The molecule has 4 aromatic carbocycles. The average molecular weight is 467 g/mol. The Kier molecular flexibility index (Phi) is 7.39. The summed E-state index contributed by atoms with van der Waals surface area (Å²) in [6.07, 6.45) is 7.32. The monoisotopic (exact) mass is 466 g/mol. The van der Waals surface area contributed by atoms with Gasteiger partial charge in [0.05, 0.1) is 10.6 Å². The van der Waals surface area contributed by atoms with Gasteiger partial charge in [-0.1, -0.05) is 80.6 Å². The zero-order chi connectivity index (χ0) is 23.4. The van der Waals surface area contributed by atoms with Crippen molar-refractivity contribution >= 4 is 22.4 Å². The van der Waals surface area contributed by atoms with E-state index in [1.54, 1.807) is 0 Å². The third-order valence-electron chi connectivity index (χ3n) is 6.06. The minimum absolute atomic E-state index is 0.0907. The first-order chi connectivity index (χ1) is 16.0. The van der Waals surface area contributed by atoms with Crippen LogP contribution in [0.15, 0.2) is 66.7 Å². The molecule has 0 saturated heterocycles. The number of unbranched alkanes of at least 4 members (excludes halogenated alkanes) is 4. The van der Waals surface area contributed by atoms with Gasteiger partial charge in [0.25, 0.3) is 0 Å². The molecule has 0 amide bonds. The quantitative estimate of drug-likeness (QED) is 0.227. The van der Waals surface area contributed by atoms with E-state index in [4.69, 9.17) is 11.6 Å². The molecule has 0 aliphatic carbocycles. The van der Waals surface area contributed by atoms with Crippen LogP contribution in [0.5, 0.6) is 0 Å². The summed E-state index contributed by atoms with van der Waals surface area (Å²) in [7, 11) is 0. The summed E-state index contributed by atoms with van der Waals surface area (Å²) < 4.78 is 43.6. The van der Waals surface area contributed by atoms with Crippen LogP contribution >= 0.6 is 11.6 Å². The molecule has 0 nitrogen and oxygen atoms in total. The summed E-state index contributed by atoms with van der Waals surface area (Å²) in [5.74, 6) is -2.21. The Balaban J connectivity index is 1.58. The normalized spacial score (nSPS) is 11.3. The second-order valence-electron chi connectivity index (χ2n) is 8.50. The summed E-state index contributed by atoms with van der Waals surface area (Å²) >= 11 is 5.69. The minimum atomic E-state index is -0.745. The Hall–Kier alpha value is -2.78. The second-order valence-corrected chi connectivity index (χ2v) is 8.91. The van der Waals surface area contributed by atoms with Crippen molar-refractivity contribution in [2.24, 2.45) is 0 Å². The molecule has 0 saturated carbocycles. The molecule has 0 unspecified atom stereocenters. The first-order valence-corrected chi connectivity index (χ1v) is 11.8. The highest BCUT2D eigenvalue weighted by Crippen LogP contribution is 2.33. The van der Waals surface area contributed by atoms with Crippen LogP contribution < -0.4 is 0 Å².